The van der Waals surface area contributed by atoms with Crippen molar-refractivity contribution in [3.8, 4) is 5.75 Å². The summed E-state index contributed by atoms with van der Waals surface area (Å²) in [6, 6.07) is 4.56. The van der Waals surface area contributed by atoms with Crippen LogP contribution in [-0.2, 0) is 0 Å². The van der Waals surface area contributed by atoms with Gasteiger partial charge in [0.25, 0.3) is 0 Å². The second kappa shape index (κ2) is 5.84. The summed E-state index contributed by atoms with van der Waals surface area (Å²) in [5.74, 6) is -0.264. The fourth-order valence-corrected chi connectivity index (χ4v) is 2.37. The monoisotopic (exact) mass is 262 g/mol. The zero-order chi connectivity index (χ0) is 13.8. The molecule has 0 radical (unpaired) electrons. The number of nitro benzene ring substituents is 1. The maximum absolute atomic E-state index is 10.6. The lowest BCUT2D eigenvalue weighted by atomic mass is 9.99. The van der Waals surface area contributed by atoms with Crippen molar-refractivity contribution in [1.82, 2.24) is 4.90 Å². The van der Waals surface area contributed by atoms with E-state index < -0.39 is 4.92 Å². The van der Waals surface area contributed by atoms with Crippen LogP contribution in [0.25, 0.3) is 5.57 Å². The minimum Gasteiger partial charge on any atom is -0.502 e. The number of nitro groups is 1. The van der Waals surface area contributed by atoms with Crippen LogP contribution in [0.1, 0.15) is 25.3 Å². The van der Waals surface area contributed by atoms with E-state index in [1.165, 1.54) is 12.1 Å². The Hall–Kier alpha value is -1.88. The number of benzene rings is 1. The second-order valence-electron chi connectivity index (χ2n) is 4.74. The molecular formula is C14H18N2O3. The molecule has 5 nitrogen and oxygen atoms in total. The Morgan fingerprint density at radius 1 is 1.47 bits per heavy atom. The number of hydrogen-bond donors (Lipinski definition) is 1. The van der Waals surface area contributed by atoms with E-state index in [2.05, 4.69) is 17.9 Å². The topological polar surface area (TPSA) is 66.6 Å². The summed E-state index contributed by atoms with van der Waals surface area (Å²) >= 11 is 0. The molecule has 5 heteroatoms. The van der Waals surface area contributed by atoms with Gasteiger partial charge in [0.1, 0.15) is 0 Å². The van der Waals surface area contributed by atoms with Crippen molar-refractivity contribution in [3.63, 3.8) is 0 Å². The van der Waals surface area contributed by atoms with Crippen LogP contribution in [0.4, 0.5) is 5.69 Å². The summed E-state index contributed by atoms with van der Waals surface area (Å²) in [7, 11) is 0. The SMILES string of the molecule is CCCN1CC=C(c2ccc([N+](=O)[O-])c(O)c2)CC1. The van der Waals surface area contributed by atoms with E-state index in [1.54, 1.807) is 6.07 Å². The molecule has 0 fully saturated rings. The minimum atomic E-state index is -0.572. The van der Waals surface area contributed by atoms with Crippen molar-refractivity contribution in [2.24, 2.45) is 0 Å². The van der Waals surface area contributed by atoms with Crippen LogP contribution < -0.4 is 0 Å². The Balaban J connectivity index is 2.15. The van der Waals surface area contributed by atoms with Gasteiger partial charge in [-0.1, -0.05) is 13.0 Å². The Labute approximate surface area is 112 Å². The Kier molecular flexibility index (Phi) is 4.16. The normalized spacial score (nSPS) is 16.2. The third-order valence-electron chi connectivity index (χ3n) is 3.38. The van der Waals surface area contributed by atoms with Gasteiger partial charge in [-0.3, -0.25) is 15.0 Å². The lowest BCUT2D eigenvalue weighted by Crippen LogP contribution is -2.29. The third-order valence-corrected chi connectivity index (χ3v) is 3.38. The molecule has 0 bridgehead atoms. The van der Waals surface area contributed by atoms with Crippen molar-refractivity contribution >= 4 is 11.3 Å². The first-order valence-corrected chi connectivity index (χ1v) is 6.51. The summed E-state index contributed by atoms with van der Waals surface area (Å²) < 4.78 is 0. The van der Waals surface area contributed by atoms with Crippen LogP contribution in [0.5, 0.6) is 5.75 Å². The molecule has 1 aliphatic rings. The fourth-order valence-electron chi connectivity index (χ4n) is 2.37. The van der Waals surface area contributed by atoms with Gasteiger partial charge in [-0.05, 0) is 42.7 Å². The van der Waals surface area contributed by atoms with Crippen molar-refractivity contribution < 1.29 is 10.0 Å². The molecule has 0 atom stereocenters. The van der Waals surface area contributed by atoms with Gasteiger partial charge in [-0.2, -0.15) is 0 Å². The average Bonchev–Trinajstić information content (AvgIpc) is 2.39. The highest BCUT2D eigenvalue weighted by Gasteiger charge is 2.16. The van der Waals surface area contributed by atoms with Crippen molar-refractivity contribution in [2.75, 3.05) is 19.6 Å². The molecule has 0 saturated carbocycles. The lowest BCUT2D eigenvalue weighted by molar-refractivity contribution is -0.385. The molecule has 0 aromatic heterocycles. The molecule has 0 amide bonds. The molecule has 1 heterocycles. The van der Waals surface area contributed by atoms with E-state index >= 15 is 0 Å². The Bertz CT molecular complexity index is 511. The number of aromatic hydroxyl groups is 1. The van der Waals surface area contributed by atoms with Crippen molar-refractivity contribution in [1.29, 1.82) is 0 Å². The molecule has 0 saturated heterocycles. The third kappa shape index (κ3) is 3.12. The van der Waals surface area contributed by atoms with Gasteiger partial charge < -0.3 is 5.11 Å². The quantitative estimate of drug-likeness (QED) is 0.669. The largest absolute Gasteiger partial charge is 0.502 e. The fraction of sp³-hybridized carbons (Fsp3) is 0.429. The molecule has 1 aliphatic heterocycles. The van der Waals surface area contributed by atoms with E-state index in [4.69, 9.17) is 0 Å². The minimum absolute atomic E-state index is 0.243. The van der Waals surface area contributed by atoms with Crippen LogP contribution in [0, 0.1) is 10.1 Å². The van der Waals surface area contributed by atoms with Crippen LogP contribution in [0.3, 0.4) is 0 Å². The molecule has 0 aliphatic carbocycles. The summed E-state index contributed by atoms with van der Waals surface area (Å²) in [6.45, 7) is 5.15. The Morgan fingerprint density at radius 3 is 2.79 bits per heavy atom. The number of nitrogens with zero attached hydrogens (tertiary/aromatic N) is 2. The van der Waals surface area contributed by atoms with E-state index in [0.717, 1.165) is 43.6 Å². The van der Waals surface area contributed by atoms with Gasteiger partial charge in [0.05, 0.1) is 4.92 Å². The van der Waals surface area contributed by atoms with E-state index in [9.17, 15) is 15.2 Å². The molecule has 2 rings (SSSR count). The highest BCUT2D eigenvalue weighted by molar-refractivity contribution is 5.69. The van der Waals surface area contributed by atoms with E-state index in [-0.39, 0.29) is 11.4 Å². The van der Waals surface area contributed by atoms with E-state index in [1.807, 2.05) is 0 Å². The van der Waals surface area contributed by atoms with Crippen molar-refractivity contribution in [3.05, 3.63) is 40.0 Å². The zero-order valence-electron chi connectivity index (χ0n) is 11.0. The van der Waals surface area contributed by atoms with Gasteiger partial charge in [0.15, 0.2) is 5.75 Å². The predicted octanol–water partition coefficient (Wildman–Crippen LogP) is 2.80. The predicted molar refractivity (Wildman–Crippen MR) is 74.1 cm³/mol. The molecule has 102 valence electrons. The van der Waals surface area contributed by atoms with Crippen molar-refractivity contribution in [2.45, 2.75) is 19.8 Å². The summed E-state index contributed by atoms with van der Waals surface area (Å²) in [5, 5.41) is 20.3. The first-order chi connectivity index (χ1) is 9.11. The molecule has 19 heavy (non-hydrogen) atoms. The summed E-state index contributed by atoms with van der Waals surface area (Å²) in [5.41, 5.74) is 1.78. The number of phenolic OH excluding ortho intramolecular Hbond substituents is 1. The smallest absolute Gasteiger partial charge is 0.310 e. The van der Waals surface area contributed by atoms with Gasteiger partial charge in [0, 0.05) is 19.2 Å². The number of hydrogen-bond acceptors (Lipinski definition) is 4. The lowest BCUT2D eigenvalue weighted by Gasteiger charge is -2.25. The van der Waals surface area contributed by atoms with E-state index in [0.29, 0.717) is 0 Å². The zero-order valence-corrected chi connectivity index (χ0v) is 11.0. The van der Waals surface area contributed by atoms with Gasteiger partial charge in [0.2, 0.25) is 0 Å². The Morgan fingerprint density at radius 2 is 2.26 bits per heavy atom. The molecule has 0 spiro atoms. The van der Waals surface area contributed by atoms with Crippen LogP contribution in [0.15, 0.2) is 24.3 Å². The van der Waals surface area contributed by atoms with Crippen LogP contribution >= 0.6 is 0 Å². The summed E-state index contributed by atoms with van der Waals surface area (Å²) in [6.07, 6.45) is 4.19. The first-order valence-electron chi connectivity index (χ1n) is 6.51. The molecule has 0 unspecified atom stereocenters. The first kappa shape index (κ1) is 13.5. The van der Waals surface area contributed by atoms with Gasteiger partial charge in [-0.15, -0.1) is 0 Å². The number of phenols is 1. The highest BCUT2D eigenvalue weighted by Crippen LogP contribution is 2.31. The maximum atomic E-state index is 10.6. The number of rotatable bonds is 4. The highest BCUT2D eigenvalue weighted by atomic mass is 16.6. The maximum Gasteiger partial charge on any atom is 0.310 e. The molecule has 1 N–H and O–H groups in total. The second-order valence-corrected chi connectivity index (χ2v) is 4.74. The molecule has 1 aromatic carbocycles. The van der Waals surface area contributed by atoms with Crippen LogP contribution in [0.2, 0.25) is 0 Å². The van der Waals surface area contributed by atoms with Gasteiger partial charge in [-0.25, -0.2) is 0 Å². The van der Waals surface area contributed by atoms with Crippen LogP contribution in [-0.4, -0.2) is 34.6 Å². The summed E-state index contributed by atoms with van der Waals surface area (Å²) in [4.78, 5) is 12.4. The van der Waals surface area contributed by atoms with Gasteiger partial charge >= 0.3 is 5.69 Å². The standard InChI is InChI=1S/C14H18N2O3/c1-2-7-15-8-5-11(6-9-15)12-3-4-13(16(18)19)14(17)10-12/h3-5,10,17H,2,6-9H2,1H3. The average molecular weight is 262 g/mol. The molecule has 1 aromatic rings. The molecular weight excluding hydrogens is 244 g/mol.